The number of carbonyl (C=O) groups is 1. The van der Waals surface area contributed by atoms with E-state index in [1.807, 2.05) is 38.1 Å². The normalized spacial score (nSPS) is 16.3. The minimum Gasteiger partial charge on any atom is -0.497 e. The van der Waals surface area contributed by atoms with Gasteiger partial charge in [0, 0.05) is 19.3 Å². The number of methoxy groups -OCH3 is 1. The summed E-state index contributed by atoms with van der Waals surface area (Å²) in [6.45, 7) is 5.10. The van der Waals surface area contributed by atoms with E-state index in [9.17, 15) is 13.2 Å². The Kier molecular flexibility index (Phi) is 6.10. The number of amides is 1. The molecule has 1 saturated heterocycles. The second-order valence-electron chi connectivity index (χ2n) is 7.33. The highest BCUT2D eigenvalue weighted by Crippen LogP contribution is 2.25. The summed E-state index contributed by atoms with van der Waals surface area (Å²) in [7, 11) is -1.94. The Morgan fingerprint density at radius 2 is 1.82 bits per heavy atom. The SMILES string of the molecule is COc1ccc(C(NC(=O)c2cc(S(=O)(=O)N3CCCC3)c[nH]2)C(C)C)cc1. The molecule has 0 aliphatic carbocycles. The third-order valence-electron chi connectivity index (χ3n) is 5.03. The first-order chi connectivity index (χ1) is 13.3. The fourth-order valence-electron chi connectivity index (χ4n) is 3.40. The van der Waals surface area contributed by atoms with Gasteiger partial charge in [0.2, 0.25) is 10.0 Å². The van der Waals surface area contributed by atoms with Crippen LogP contribution in [0.5, 0.6) is 5.75 Å². The zero-order valence-corrected chi connectivity index (χ0v) is 17.3. The van der Waals surface area contributed by atoms with E-state index < -0.39 is 10.0 Å². The summed E-state index contributed by atoms with van der Waals surface area (Å²) in [4.78, 5) is 15.7. The zero-order valence-electron chi connectivity index (χ0n) is 16.4. The highest BCUT2D eigenvalue weighted by molar-refractivity contribution is 7.89. The number of aromatic nitrogens is 1. The second-order valence-corrected chi connectivity index (χ2v) is 9.27. The third kappa shape index (κ3) is 4.23. The van der Waals surface area contributed by atoms with Gasteiger partial charge in [0.15, 0.2) is 0 Å². The summed E-state index contributed by atoms with van der Waals surface area (Å²) < 4.78 is 31.9. The van der Waals surface area contributed by atoms with Crippen LogP contribution < -0.4 is 10.1 Å². The molecular weight excluding hydrogens is 378 g/mol. The molecule has 0 radical (unpaired) electrons. The number of ether oxygens (including phenoxy) is 1. The average molecular weight is 406 g/mol. The highest BCUT2D eigenvalue weighted by Gasteiger charge is 2.29. The number of carbonyl (C=O) groups excluding carboxylic acids is 1. The third-order valence-corrected chi connectivity index (χ3v) is 6.91. The molecule has 7 nitrogen and oxygen atoms in total. The highest BCUT2D eigenvalue weighted by atomic mass is 32.2. The molecule has 2 aromatic rings. The molecule has 2 N–H and O–H groups in total. The van der Waals surface area contributed by atoms with Crippen LogP contribution in [-0.2, 0) is 10.0 Å². The van der Waals surface area contributed by atoms with Crippen molar-refractivity contribution in [3.05, 3.63) is 47.8 Å². The molecule has 1 aliphatic rings. The minimum absolute atomic E-state index is 0.130. The molecule has 0 saturated carbocycles. The zero-order chi connectivity index (χ0) is 20.3. The lowest BCUT2D eigenvalue weighted by Gasteiger charge is -2.23. The quantitative estimate of drug-likeness (QED) is 0.741. The first kappa shape index (κ1) is 20.4. The van der Waals surface area contributed by atoms with Crippen LogP contribution in [0.2, 0.25) is 0 Å². The number of sulfonamides is 1. The molecule has 1 aromatic heterocycles. The van der Waals surface area contributed by atoms with Gasteiger partial charge in [-0.15, -0.1) is 0 Å². The first-order valence-electron chi connectivity index (χ1n) is 9.46. The summed E-state index contributed by atoms with van der Waals surface area (Å²) in [5.74, 6) is 0.566. The van der Waals surface area contributed by atoms with Gasteiger partial charge in [-0.1, -0.05) is 26.0 Å². The van der Waals surface area contributed by atoms with Gasteiger partial charge in [0.1, 0.15) is 16.3 Å². The van der Waals surface area contributed by atoms with Crippen molar-refractivity contribution in [2.75, 3.05) is 20.2 Å². The van der Waals surface area contributed by atoms with Gasteiger partial charge in [-0.05, 0) is 42.5 Å². The molecule has 8 heteroatoms. The van der Waals surface area contributed by atoms with Gasteiger partial charge in [-0.3, -0.25) is 4.79 Å². The topological polar surface area (TPSA) is 91.5 Å². The van der Waals surface area contributed by atoms with E-state index in [4.69, 9.17) is 4.74 Å². The van der Waals surface area contributed by atoms with Crippen LogP contribution in [0.3, 0.4) is 0 Å². The Hall–Kier alpha value is -2.32. The molecule has 2 heterocycles. The smallest absolute Gasteiger partial charge is 0.268 e. The van der Waals surface area contributed by atoms with Crippen LogP contribution in [0.25, 0.3) is 0 Å². The lowest BCUT2D eigenvalue weighted by atomic mass is 9.96. The molecule has 1 aliphatic heterocycles. The number of aromatic amines is 1. The molecule has 1 atom stereocenters. The lowest BCUT2D eigenvalue weighted by Crippen LogP contribution is -2.32. The Labute approximate surface area is 166 Å². The number of hydrogen-bond donors (Lipinski definition) is 2. The molecule has 1 aromatic carbocycles. The monoisotopic (exact) mass is 405 g/mol. The second kappa shape index (κ2) is 8.36. The number of H-pyrrole nitrogens is 1. The van der Waals surface area contributed by atoms with Crippen LogP contribution >= 0.6 is 0 Å². The van der Waals surface area contributed by atoms with E-state index in [1.54, 1.807) is 7.11 Å². The number of nitrogens with zero attached hydrogens (tertiary/aromatic N) is 1. The van der Waals surface area contributed by atoms with Crippen molar-refractivity contribution in [3.8, 4) is 5.75 Å². The first-order valence-corrected chi connectivity index (χ1v) is 10.9. The average Bonchev–Trinajstić information content (AvgIpc) is 3.38. The number of rotatable bonds is 7. The van der Waals surface area contributed by atoms with E-state index in [0.717, 1.165) is 24.2 Å². The molecule has 3 rings (SSSR count). The van der Waals surface area contributed by atoms with Crippen molar-refractivity contribution < 1.29 is 17.9 Å². The molecule has 152 valence electrons. The van der Waals surface area contributed by atoms with Crippen molar-refractivity contribution in [2.45, 2.75) is 37.6 Å². The summed E-state index contributed by atoms with van der Waals surface area (Å²) in [6, 6.07) is 8.75. The van der Waals surface area contributed by atoms with Gasteiger partial charge in [-0.25, -0.2) is 8.42 Å². The molecule has 1 unspecified atom stereocenters. The Morgan fingerprint density at radius 3 is 2.39 bits per heavy atom. The number of hydrogen-bond acceptors (Lipinski definition) is 4. The predicted molar refractivity (Wildman–Crippen MR) is 107 cm³/mol. The van der Waals surface area contributed by atoms with Crippen molar-refractivity contribution in [1.82, 2.24) is 14.6 Å². The van der Waals surface area contributed by atoms with Gasteiger partial charge in [-0.2, -0.15) is 4.31 Å². The van der Waals surface area contributed by atoms with Crippen LogP contribution in [0.4, 0.5) is 0 Å². The largest absolute Gasteiger partial charge is 0.497 e. The van der Waals surface area contributed by atoms with Crippen molar-refractivity contribution >= 4 is 15.9 Å². The van der Waals surface area contributed by atoms with Crippen molar-refractivity contribution in [1.29, 1.82) is 0 Å². The Balaban J connectivity index is 1.76. The standard InChI is InChI=1S/C20H27N3O4S/c1-14(2)19(15-6-8-16(27-3)9-7-15)22-20(24)18-12-17(13-21-18)28(25,26)23-10-4-5-11-23/h6-9,12-14,19,21H,4-5,10-11H2,1-3H3,(H,22,24). The molecule has 1 fully saturated rings. The summed E-state index contributed by atoms with van der Waals surface area (Å²) in [5.41, 5.74) is 1.19. The van der Waals surface area contributed by atoms with Crippen molar-refractivity contribution in [2.24, 2.45) is 5.92 Å². The van der Waals surface area contributed by atoms with Gasteiger partial charge in [0.05, 0.1) is 13.2 Å². The Bertz CT molecular complexity index is 913. The van der Waals surface area contributed by atoms with Gasteiger partial charge in [0.25, 0.3) is 5.91 Å². The molecular formula is C20H27N3O4S. The summed E-state index contributed by atoms with van der Waals surface area (Å²) >= 11 is 0. The Morgan fingerprint density at radius 1 is 1.18 bits per heavy atom. The van der Waals surface area contributed by atoms with Crippen LogP contribution in [-0.4, -0.2) is 43.8 Å². The number of benzene rings is 1. The number of nitrogens with one attached hydrogen (secondary N) is 2. The van der Waals surface area contributed by atoms with Crippen LogP contribution in [0.15, 0.2) is 41.4 Å². The lowest BCUT2D eigenvalue weighted by molar-refractivity contribution is 0.0921. The summed E-state index contributed by atoms with van der Waals surface area (Å²) in [6.07, 6.45) is 3.13. The van der Waals surface area contributed by atoms with Crippen LogP contribution in [0.1, 0.15) is 48.8 Å². The molecule has 28 heavy (non-hydrogen) atoms. The fourth-order valence-corrected chi connectivity index (χ4v) is 4.91. The van der Waals surface area contributed by atoms with Crippen molar-refractivity contribution in [3.63, 3.8) is 0 Å². The fraction of sp³-hybridized carbons (Fsp3) is 0.450. The maximum absolute atomic E-state index is 12.7. The predicted octanol–water partition coefficient (Wildman–Crippen LogP) is 2.93. The molecule has 0 bridgehead atoms. The van der Waals surface area contributed by atoms with Gasteiger partial charge < -0.3 is 15.0 Å². The maximum Gasteiger partial charge on any atom is 0.268 e. The summed E-state index contributed by atoms with van der Waals surface area (Å²) in [5, 5.41) is 3.00. The minimum atomic E-state index is -3.55. The van der Waals surface area contributed by atoms with E-state index in [1.165, 1.54) is 16.6 Å². The van der Waals surface area contributed by atoms with E-state index in [0.29, 0.717) is 13.1 Å². The van der Waals surface area contributed by atoms with Crippen LogP contribution in [0, 0.1) is 5.92 Å². The van der Waals surface area contributed by atoms with E-state index >= 15 is 0 Å². The molecule has 1 amide bonds. The van der Waals surface area contributed by atoms with E-state index in [-0.39, 0.29) is 28.5 Å². The van der Waals surface area contributed by atoms with Gasteiger partial charge >= 0.3 is 0 Å². The maximum atomic E-state index is 12.7. The molecule has 0 spiro atoms. The van der Waals surface area contributed by atoms with E-state index in [2.05, 4.69) is 10.3 Å².